The first-order valence-corrected chi connectivity index (χ1v) is 18.1. The van der Waals surface area contributed by atoms with Crippen molar-refractivity contribution >= 4 is 41.3 Å². The molecule has 9 nitrogen and oxygen atoms in total. The highest BCUT2D eigenvalue weighted by atomic mass is 31.2. The Bertz CT molecular complexity index is 1470. The van der Waals surface area contributed by atoms with Crippen LogP contribution in [0.25, 0.3) is 0 Å². The van der Waals surface area contributed by atoms with E-state index >= 15 is 0 Å². The zero-order chi connectivity index (χ0) is 30.7. The highest BCUT2D eigenvalue weighted by Gasteiger charge is 2.28. The van der Waals surface area contributed by atoms with E-state index in [-0.39, 0.29) is 0 Å². The molecule has 3 heterocycles. The number of hydrogen-bond acceptors (Lipinski definition) is 9. The Morgan fingerprint density at radius 3 is 2.35 bits per heavy atom. The third-order valence-electron chi connectivity index (χ3n) is 9.05. The number of nitrogens with one attached hydrogen (secondary N) is 2. The van der Waals surface area contributed by atoms with Crippen LogP contribution in [-0.2, 0) is 11.0 Å². The third kappa shape index (κ3) is 7.17. The van der Waals surface area contributed by atoms with Gasteiger partial charge in [-0.25, -0.2) is 4.98 Å². The molecule has 232 valence electrons. The Morgan fingerprint density at radius 1 is 0.977 bits per heavy atom. The van der Waals surface area contributed by atoms with Crippen LogP contribution in [0.2, 0.25) is 0 Å². The average Bonchev–Trinajstić information content (AvgIpc) is 2.99. The Kier molecular flexibility index (Phi) is 9.64. The van der Waals surface area contributed by atoms with Crippen molar-refractivity contribution in [2.45, 2.75) is 46.1 Å². The Morgan fingerprint density at radius 2 is 1.70 bits per heavy atom. The number of aryl methyl sites for hydroxylation is 2. The van der Waals surface area contributed by atoms with Gasteiger partial charge < -0.3 is 29.7 Å². The molecule has 0 bridgehead atoms. The highest BCUT2D eigenvalue weighted by Crippen LogP contribution is 2.41. The fourth-order valence-electron chi connectivity index (χ4n) is 6.46. The molecule has 0 unspecified atom stereocenters. The Labute approximate surface area is 257 Å². The molecular weight excluding hydrogens is 557 g/mol. The average molecular weight is 606 g/mol. The molecule has 1 aromatic heterocycles. The van der Waals surface area contributed by atoms with Gasteiger partial charge in [-0.05, 0) is 88.4 Å². The van der Waals surface area contributed by atoms with Crippen LogP contribution in [-0.4, -0.2) is 92.6 Å². The largest absolute Gasteiger partial charge is 0.494 e. The summed E-state index contributed by atoms with van der Waals surface area (Å²) in [6, 6.07) is 10.9. The second kappa shape index (κ2) is 13.2. The molecule has 0 aliphatic carbocycles. The molecule has 0 saturated carbocycles. The molecular formula is C33H48N7O2P. The van der Waals surface area contributed by atoms with E-state index in [9.17, 15) is 4.57 Å². The lowest BCUT2D eigenvalue weighted by atomic mass is 9.99. The van der Waals surface area contributed by atoms with Crippen LogP contribution in [0.5, 0.6) is 5.75 Å². The first-order chi connectivity index (χ1) is 20.6. The minimum atomic E-state index is -2.52. The molecule has 3 aromatic rings. The van der Waals surface area contributed by atoms with Crippen molar-refractivity contribution in [3.63, 3.8) is 0 Å². The van der Waals surface area contributed by atoms with E-state index in [1.165, 1.54) is 50.3 Å². The highest BCUT2D eigenvalue weighted by molar-refractivity contribution is 7.70. The lowest BCUT2D eigenvalue weighted by Gasteiger charge is -2.43. The zero-order valence-corrected chi connectivity index (χ0v) is 27.8. The molecule has 0 radical (unpaired) electrons. The number of piperidine rings is 1. The van der Waals surface area contributed by atoms with Gasteiger partial charge in [-0.1, -0.05) is 13.0 Å². The quantitative estimate of drug-likeness (QED) is 0.302. The summed E-state index contributed by atoms with van der Waals surface area (Å²) in [7, 11) is 1.41. The monoisotopic (exact) mass is 605 g/mol. The van der Waals surface area contributed by atoms with Gasteiger partial charge in [0.2, 0.25) is 5.95 Å². The van der Waals surface area contributed by atoms with E-state index in [1.54, 1.807) is 13.3 Å². The van der Waals surface area contributed by atoms with Crippen LogP contribution >= 0.6 is 7.14 Å². The summed E-state index contributed by atoms with van der Waals surface area (Å²) in [6.45, 7) is 16.7. The van der Waals surface area contributed by atoms with Gasteiger partial charge in [0.05, 0.1) is 18.5 Å². The van der Waals surface area contributed by atoms with Crippen molar-refractivity contribution in [1.29, 1.82) is 0 Å². The molecule has 0 amide bonds. The number of methoxy groups -OCH3 is 1. The number of hydrogen-bond donors (Lipinski definition) is 2. The molecule has 0 spiro atoms. The normalized spacial score (nSPS) is 17.2. The summed E-state index contributed by atoms with van der Waals surface area (Å²) in [5, 5.41) is 7.66. The minimum absolute atomic E-state index is 0.465. The number of rotatable bonds is 9. The van der Waals surface area contributed by atoms with Gasteiger partial charge >= 0.3 is 0 Å². The SMILES string of the molecule is CCc1cc(Nc2nccc(Nc3ccc(C)c(C)c3P(C)(C)=O)n2)c(OC)cc1N1CCC(N2CCN(C)CC2)CC1. The smallest absolute Gasteiger partial charge is 0.229 e. The van der Waals surface area contributed by atoms with E-state index in [4.69, 9.17) is 9.72 Å². The molecule has 5 rings (SSSR count). The van der Waals surface area contributed by atoms with Gasteiger partial charge in [0.25, 0.3) is 0 Å². The zero-order valence-electron chi connectivity index (χ0n) is 26.9. The van der Waals surface area contributed by atoms with Crippen LogP contribution in [0, 0.1) is 13.8 Å². The van der Waals surface area contributed by atoms with Crippen molar-refractivity contribution < 1.29 is 9.30 Å². The van der Waals surface area contributed by atoms with E-state index in [0.29, 0.717) is 17.8 Å². The molecule has 2 aromatic carbocycles. The van der Waals surface area contributed by atoms with Gasteiger partial charge in [-0.15, -0.1) is 0 Å². The maximum atomic E-state index is 13.2. The fourth-order valence-corrected chi connectivity index (χ4v) is 8.15. The topological polar surface area (TPSA) is 85.9 Å². The lowest BCUT2D eigenvalue weighted by molar-refractivity contribution is 0.0982. The van der Waals surface area contributed by atoms with Gasteiger partial charge in [0.1, 0.15) is 18.7 Å². The molecule has 43 heavy (non-hydrogen) atoms. The summed E-state index contributed by atoms with van der Waals surface area (Å²) < 4.78 is 19.0. The molecule has 2 fully saturated rings. The van der Waals surface area contributed by atoms with Crippen molar-refractivity contribution in [1.82, 2.24) is 19.8 Å². The fraction of sp³-hybridized carbons (Fsp3) is 0.515. The number of likely N-dealkylation sites (N-methyl/N-ethyl adjacent to an activating group) is 1. The number of nitrogens with zero attached hydrogens (tertiary/aromatic N) is 5. The van der Waals surface area contributed by atoms with E-state index in [1.807, 2.05) is 45.4 Å². The summed E-state index contributed by atoms with van der Waals surface area (Å²) in [5.41, 5.74) is 6.35. The molecule has 10 heteroatoms. The van der Waals surface area contributed by atoms with Gasteiger partial charge in [0.15, 0.2) is 0 Å². The Balaban J connectivity index is 1.33. The van der Waals surface area contributed by atoms with E-state index < -0.39 is 7.14 Å². The lowest BCUT2D eigenvalue weighted by Crippen LogP contribution is -2.52. The van der Waals surface area contributed by atoms with Crippen molar-refractivity contribution in [3.8, 4) is 5.75 Å². The number of benzene rings is 2. The van der Waals surface area contributed by atoms with E-state index in [0.717, 1.165) is 53.1 Å². The molecule has 2 N–H and O–H groups in total. The Hall–Kier alpha value is -3.13. The first kappa shape index (κ1) is 31.3. The summed E-state index contributed by atoms with van der Waals surface area (Å²) >= 11 is 0. The van der Waals surface area contributed by atoms with Gasteiger partial charge in [0, 0.05) is 68.6 Å². The summed E-state index contributed by atoms with van der Waals surface area (Å²) in [5.74, 6) is 1.86. The molecule has 2 aliphatic heterocycles. The summed E-state index contributed by atoms with van der Waals surface area (Å²) in [4.78, 5) is 16.9. The first-order valence-electron chi connectivity index (χ1n) is 15.5. The van der Waals surface area contributed by atoms with Gasteiger partial charge in [-0.2, -0.15) is 4.98 Å². The third-order valence-corrected chi connectivity index (χ3v) is 10.7. The summed E-state index contributed by atoms with van der Waals surface area (Å²) in [6.07, 6.45) is 5.02. The van der Waals surface area contributed by atoms with Crippen LogP contribution in [0.4, 0.5) is 28.8 Å². The number of aromatic nitrogens is 2. The van der Waals surface area contributed by atoms with Crippen molar-refractivity contribution in [2.24, 2.45) is 0 Å². The van der Waals surface area contributed by atoms with Crippen LogP contribution in [0.3, 0.4) is 0 Å². The van der Waals surface area contributed by atoms with Crippen LogP contribution in [0.1, 0.15) is 36.5 Å². The van der Waals surface area contributed by atoms with Gasteiger partial charge in [-0.3, -0.25) is 4.90 Å². The molecule has 0 atom stereocenters. The van der Waals surface area contributed by atoms with Crippen LogP contribution < -0.4 is 25.6 Å². The molecule has 2 saturated heterocycles. The second-order valence-corrected chi connectivity index (χ2v) is 15.5. The predicted molar refractivity (Wildman–Crippen MR) is 180 cm³/mol. The number of ether oxygens (including phenoxy) is 1. The number of piperazine rings is 1. The maximum absolute atomic E-state index is 13.2. The minimum Gasteiger partial charge on any atom is -0.494 e. The van der Waals surface area contributed by atoms with Crippen molar-refractivity contribution in [2.75, 3.05) is 82.3 Å². The van der Waals surface area contributed by atoms with Crippen molar-refractivity contribution in [3.05, 3.63) is 53.2 Å². The maximum Gasteiger partial charge on any atom is 0.229 e. The molecule has 2 aliphatic rings. The standard InChI is InChI=1S/C33H48N7O2P/c1-8-25-21-28(30(42-5)22-29(25)40-15-12-26(13-16-40)39-19-17-38(4)18-20-39)36-33-34-14-11-31(37-33)35-27-10-9-23(2)24(3)32(27)43(6,7)41/h9-11,14,21-22,26H,8,12-13,15-20H2,1-7H3,(H2,34,35,36,37). The predicted octanol–water partition coefficient (Wildman–Crippen LogP) is 5.62. The van der Waals surface area contributed by atoms with Crippen LogP contribution in [0.15, 0.2) is 36.5 Å². The second-order valence-electron chi connectivity index (χ2n) is 12.4. The van der Waals surface area contributed by atoms with E-state index in [2.05, 4.69) is 56.4 Å². The number of anilines is 5.